The molecule has 0 spiro atoms. The molecule has 1 fully saturated rings. The van der Waals surface area contributed by atoms with Crippen LogP contribution in [0.15, 0.2) is 18.2 Å². The van der Waals surface area contributed by atoms with Gasteiger partial charge in [0.25, 0.3) is 0 Å². The van der Waals surface area contributed by atoms with Gasteiger partial charge in [-0.15, -0.1) is 0 Å². The van der Waals surface area contributed by atoms with E-state index in [0.29, 0.717) is 6.10 Å². The number of nitrogens with one attached hydrogen (secondary N) is 1. The summed E-state index contributed by atoms with van der Waals surface area (Å²) < 4.78 is 6.13. The van der Waals surface area contributed by atoms with E-state index in [1.807, 2.05) is 0 Å². The molecule has 1 N–H and O–H groups in total. The Labute approximate surface area is 128 Å². The zero-order valence-corrected chi connectivity index (χ0v) is 13.4. The Morgan fingerprint density at radius 3 is 3.00 bits per heavy atom. The average molecular weight is 288 g/mol. The van der Waals surface area contributed by atoms with Crippen LogP contribution in [-0.2, 0) is 6.42 Å². The molecule has 2 aliphatic rings. The second kappa shape index (κ2) is 6.80. The largest absolute Gasteiger partial charge is 0.488 e. The fraction of sp³-hybridized carbons (Fsp3) is 0.667. The summed E-state index contributed by atoms with van der Waals surface area (Å²) in [4.78, 5) is 2.57. The van der Waals surface area contributed by atoms with Gasteiger partial charge in [0.15, 0.2) is 0 Å². The van der Waals surface area contributed by atoms with Gasteiger partial charge in [-0.1, -0.05) is 24.6 Å². The number of hydrogen-bond donors (Lipinski definition) is 1. The second-order valence-electron chi connectivity index (χ2n) is 6.62. The molecule has 3 nitrogen and oxygen atoms in total. The number of hydrogen-bond acceptors (Lipinski definition) is 3. The van der Waals surface area contributed by atoms with Crippen molar-refractivity contribution >= 4 is 0 Å². The van der Waals surface area contributed by atoms with Gasteiger partial charge < -0.3 is 10.1 Å². The average Bonchev–Trinajstić information content (AvgIpc) is 2.89. The normalized spacial score (nSPS) is 24.9. The van der Waals surface area contributed by atoms with E-state index >= 15 is 0 Å². The molecule has 2 aliphatic heterocycles. The van der Waals surface area contributed by atoms with Crippen molar-refractivity contribution in [2.75, 3.05) is 32.7 Å². The van der Waals surface area contributed by atoms with Crippen LogP contribution in [0.5, 0.6) is 5.75 Å². The first-order valence-corrected chi connectivity index (χ1v) is 8.44. The van der Waals surface area contributed by atoms with Gasteiger partial charge in [0.05, 0.1) is 0 Å². The van der Waals surface area contributed by atoms with E-state index in [1.54, 1.807) is 0 Å². The summed E-state index contributed by atoms with van der Waals surface area (Å²) in [6.45, 7) is 10.2. The van der Waals surface area contributed by atoms with Gasteiger partial charge in [-0.3, -0.25) is 4.90 Å². The molecule has 21 heavy (non-hydrogen) atoms. The third kappa shape index (κ3) is 3.78. The molecule has 2 atom stereocenters. The van der Waals surface area contributed by atoms with Crippen LogP contribution in [0.2, 0.25) is 0 Å². The van der Waals surface area contributed by atoms with Crippen molar-refractivity contribution in [1.82, 2.24) is 10.2 Å². The molecular weight excluding hydrogens is 260 g/mol. The molecule has 0 saturated carbocycles. The number of aryl methyl sites for hydroxylation is 1. The maximum absolute atomic E-state index is 6.13. The lowest BCUT2D eigenvalue weighted by molar-refractivity contribution is 0.134. The molecule has 0 aliphatic carbocycles. The van der Waals surface area contributed by atoms with Crippen LogP contribution >= 0.6 is 0 Å². The molecule has 3 rings (SSSR count). The Bertz CT molecular complexity index is 468. The summed E-state index contributed by atoms with van der Waals surface area (Å²) in [7, 11) is 0. The minimum atomic E-state index is 0.332. The minimum Gasteiger partial charge on any atom is -0.488 e. The zero-order chi connectivity index (χ0) is 14.7. The summed E-state index contributed by atoms with van der Waals surface area (Å²) >= 11 is 0. The molecule has 0 aromatic heterocycles. The van der Waals surface area contributed by atoms with Gasteiger partial charge in [-0.25, -0.2) is 0 Å². The number of nitrogens with zero attached hydrogens (tertiary/aromatic N) is 1. The summed E-state index contributed by atoms with van der Waals surface area (Å²) in [5.41, 5.74) is 2.72. The molecule has 2 unspecified atom stereocenters. The van der Waals surface area contributed by atoms with E-state index in [2.05, 4.69) is 42.3 Å². The van der Waals surface area contributed by atoms with E-state index in [9.17, 15) is 0 Å². The van der Waals surface area contributed by atoms with Crippen LogP contribution in [-0.4, -0.2) is 43.7 Å². The number of piperidine rings is 1. The van der Waals surface area contributed by atoms with Crippen LogP contribution in [0.4, 0.5) is 0 Å². The summed E-state index contributed by atoms with van der Waals surface area (Å²) in [5.74, 6) is 1.91. The van der Waals surface area contributed by atoms with Gasteiger partial charge in [-0.2, -0.15) is 0 Å². The smallest absolute Gasteiger partial charge is 0.123 e. The highest BCUT2D eigenvalue weighted by Crippen LogP contribution is 2.30. The van der Waals surface area contributed by atoms with Gasteiger partial charge in [0, 0.05) is 19.5 Å². The summed E-state index contributed by atoms with van der Waals surface area (Å²) in [5, 5.41) is 3.52. The number of ether oxygens (including phenoxy) is 1. The fourth-order valence-electron chi connectivity index (χ4n) is 3.62. The molecule has 0 radical (unpaired) electrons. The Hall–Kier alpha value is -1.06. The van der Waals surface area contributed by atoms with Crippen molar-refractivity contribution in [3.8, 4) is 5.75 Å². The van der Waals surface area contributed by atoms with Crippen molar-refractivity contribution in [3.05, 3.63) is 29.3 Å². The third-order valence-corrected chi connectivity index (χ3v) is 4.78. The van der Waals surface area contributed by atoms with Crippen LogP contribution < -0.4 is 10.1 Å². The van der Waals surface area contributed by atoms with Crippen LogP contribution in [0.3, 0.4) is 0 Å². The lowest BCUT2D eigenvalue weighted by atomic mass is 9.99. The minimum absolute atomic E-state index is 0.332. The topological polar surface area (TPSA) is 24.5 Å². The molecular formula is C18H28N2O. The first kappa shape index (κ1) is 14.9. The molecule has 2 heterocycles. The fourth-order valence-corrected chi connectivity index (χ4v) is 3.62. The lowest BCUT2D eigenvalue weighted by Crippen LogP contribution is -2.42. The molecule has 3 heteroatoms. The maximum atomic E-state index is 6.13. The SMILES string of the molecule is CCN(CC1CCCNC1)CC1Cc2cc(C)ccc2O1. The Morgan fingerprint density at radius 1 is 1.33 bits per heavy atom. The predicted octanol–water partition coefficient (Wildman–Crippen LogP) is 2.62. The summed E-state index contributed by atoms with van der Waals surface area (Å²) in [6, 6.07) is 6.55. The van der Waals surface area contributed by atoms with Crippen LogP contribution in [0.1, 0.15) is 30.9 Å². The molecule has 1 aromatic rings. The number of fused-ring (bicyclic) bond motifs is 1. The predicted molar refractivity (Wildman–Crippen MR) is 87.0 cm³/mol. The van der Waals surface area contributed by atoms with Gasteiger partial charge in [0.1, 0.15) is 11.9 Å². The van der Waals surface area contributed by atoms with E-state index < -0.39 is 0 Å². The maximum Gasteiger partial charge on any atom is 0.123 e. The van der Waals surface area contributed by atoms with Crippen molar-refractivity contribution in [1.29, 1.82) is 0 Å². The van der Waals surface area contributed by atoms with E-state index in [0.717, 1.165) is 31.2 Å². The Balaban J connectivity index is 1.53. The molecule has 0 amide bonds. The molecule has 0 bridgehead atoms. The second-order valence-corrected chi connectivity index (χ2v) is 6.62. The molecule has 1 saturated heterocycles. The quantitative estimate of drug-likeness (QED) is 0.901. The van der Waals surface area contributed by atoms with Gasteiger partial charge >= 0.3 is 0 Å². The molecule has 1 aromatic carbocycles. The van der Waals surface area contributed by atoms with Crippen molar-refractivity contribution in [3.63, 3.8) is 0 Å². The first-order chi connectivity index (χ1) is 10.2. The molecule has 116 valence electrons. The van der Waals surface area contributed by atoms with Gasteiger partial charge in [-0.05, 0) is 56.9 Å². The standard InChI is InChI=1S/C18H28N2O/c1-3-20(12-15-5-4-8-19-11-15)13-17-10-16-9-14(2)6-7-18(16)21-17/h6-7,9,15,17,19H,3-5,8,10-13H2,1-2H3. The zero-order valence-electron chi connectivity index (χ0n) is 13.4. The summed E-state index contributed by atoms with van der Waals surface area (Å²) in [6.07, 6.45) is 4.09. The van der Waals surface area contributed by atoms with Gasteiger partial charge in [0.2, 0.25) is 0 Å². The highest BCUT2D eigenvalue weighted by Gasteiger charge is 2.25. The number of likely N-dealkylation sites (N-methyl/N-ethyl adjacent to an activating group) is 1. The van der Waals surface area contributed by atoms with Crippen LogP contribution in [0, 0.1) is 12.8 Å². The highest BCUT2D eigenvalue weighted by molar-refractivity contribution is 5.40. The number of rotatable bonds is 5. The monoisotopic (exact) mass is 288 g/mol. The Kier molecular flexibility index (Phi) is 4.81. The lowest BCUT2D eigenvalue weighted by Gasteiger charge is -2.30. The van der Waals surface area contributed by atoms with E-state index in [-0.39, 0.29) is 0 Å². The Morgan fingerprint density at radius 2 is 2.24 bits per heavy atom. The van der Waals surface area contributed by atoms with Crippen LogP contribution in [0.25, 0.3) is 0 Å². The van der Waals surface area contributed by atoms with E-state index in [4.69, 9.17) is 4.74 Å². The first-order valence-electron chi connectivity index (χ1n) is 8.44. The number of benzene rings is 1. The van der Waals surface area contributed by atoms with Crippen molar-refractivity contribution in [2.45, 2.75) is 39.2 Å². The van der Waals surface area contributed by atoms with E-state index in [1.165, 1.54) is 43.6 Å². The van der Waals surface area contributed by atoms with Crippen molar-refractivity contribution in [2.24, 2.45) is 5.92 Å². The third-order valence-electron chi connectivity index (χ3n) is 4.78. The van der Waals surface area contributed by atoms with Crippen molar-refractivity contribution < 1.29 is 4.74 Å². The highest BCUT2D eigenvalue weighted by atomic mass is 16.5.